The van der Waals surface area contributed by atoms with Gasteiger partial charge in [-0.05, 0) is 118 Å². The lowest BCUT2D eigenvalue weighted by Gasteiger charge is -2.57. The molecule has 5 saturated carbocycles. The van der Waals surface area contributed by atoms with Crippen LogP contribution in [0.1, 0.15) is 78.1 Å². The average molecular weight is 437 g/mol. The van der Waals surface area contributed by atoms with E-state index in [2.05, 4.69) is 29.8 Å². The van der Waals surface area contributed by atoms with E-state index in [0.29, 0.717) is 17.0 Å². The molecule has 0 spiro atoms. The van der Waals surface area contributed by atoms with Crippen LogP contribution in [0.25, 0.3) is 0 Å². The van der Waals surface area contributed by atoms with Crippen LogP contribution in [0.2, 0.25) is 0 Å². The molecule has 0 amide bonds. The molecule has 0 radical (unpaired) electrons. The minimum atomic E-state index is -0.422. The monoisotopic (exact) mass is 436 g/mol. The average Bonchev–Trinajstić information content (AvgIpc) is 3.42. The lowest BCUT2D eigenvalue weighted by atomic mass is 9.48. The van der Waals surface area contributed by atoms with Crippen LogP contribution in [0.5, 0.6) is 0 Å². The molecular formula is C24H37BrO2. The van der Waals surface area contributed by atoms with Crippen LogP contribution in [0.3, 0.4) is 0 Å². The van der Waals surface area contributed by atoms with Crippen LogP contribution < -0.4 is 0 Å². The van der Waals surface area contributed by atoms with Gasteiger partial charge in [-0.3, -0.25) is 4.79 Å². The number of halogens is 1. The molecule has 1 N–H and O–H groups in total. The van der Waals surface area contributed by atoms with E-state index in [9.17, 15) is 9.90 Å². The summed E-state index contributed by atoms with van der Waals surface area (Å²) >= 11 is 3.49. The number of fused-ring (bicyclic) bond motifs is 5. The van der Waals surface area contributed by atoms with E-state index < -0.39 is 5.60 Å². The minimum absolute atomic E-state index is 0.256. The molecule has 5 fully saturated rings. The van der Waals surface area contributed by atoms with Gasteiger partial charge in [0.1, 0.15) is 5.78 Å². The van der Waals surface area contributed by atoms with Crippen LogP contribution in [0.15, 0.2) is 0 Å². The molecule has 0 saturated heterocycles. The van der Waals surface area contributed by atoms with Gasteiger partial charge in [0, 0.05) is 5.92 Å². The Bertz CT molecular complexity index is 612. The second-order valence-corrected chi connectivity index (χ2v) is 12.1. The molecule has 0 aromatic rings. The van der Waals surface area contributed by atoms with Gasteiger partial charge in [-0.2, -0.15) is 0 Å². The number of ketones is 1. The summed E-state index contributed by atoms with van der Waals surface area (Å²) < 4.78 is 0. The Balaban J connectivity index is 1.44. The van der Waals surface area contributed by atoms with E-state index in [-0.39, 0.29) is 5.41 Å². The Morgan fingerprint density at radius 1 is 0.926 bits per heavy atom. The van der Waals surface area contributed by atoms with Gasteiger partial charge in [0.2, 0.25) is 0 Å². The minimum Gasteiger partial charge on any atom is -0.390 e. The van der Waals surface area contributed by atoms with Gasteiger partial charge in [0.25, 0.3) is 0 Å². The predicted molar refractivity (Wildman–Crippen MR) is 112 cm³/mol. The Morgan fingerprint density at radius 2 is 1.63 bits per heavy atom. The number of hydrogen-bond acceptors (Lipinski definition) is 2. The first kappa shape index (κ1) is 19.1. The van der Waals surface area contributed by atoms with Gasteiger partial charge in [-0.1, -0.05) is 22.9 Å². The van der Waals surface area contributed by atoms with Crippen molar-refractivity contribution in [3.8, 4) is 0 Å². The number of carbonyl (C=O) groups is 1. The molecule has 0 aromatic carbocycles. The molecule has 0 unspecified atom stereocenters. The largest absolute Gasteiger partial charge is 0.390 e. The molecule has 0 aliphatic heterocycles. The van der Waals surface area contributed by atoms with Crippen molar-refractivity contribution < 1.29 is 9.90 Å². The van der Waals surface area contributed by atoms with Crippen molar-refractivity contribution >= 4 is 21.7 Å². The molecule has 152 valence electrons. The summed E-state index contributed by atoms with van der Waals surface area (Å²) in [7, 11) is 0. The first-order valence-electron chi connectivity index (χ1n) is 11.6. The van der Waals surface area contributed by atoms with E-state index in [1.807, 2.05) is 0 Å². The van der Waals surface area contributed by atoms with Crippen LogP contribution in [0, 0.1) is 52.8 Å². The van der Waals surface area contributed by atoms with Gasteiger partial charge >= 0.3 is 0 Å². The van der Waals surface area contributed by atoms with Gasteiger partial charge in [-0.25, -0.2) is 0 Å². The summed E-state index contributed by atoms with van der Waals surface area (Å²) in [5.74, 6) is 6.64. The normalized spacial score (nSPS) is 54.7. The third-order valence-corrected chi connectivity index (χ3v) is 10.6. The standard InChI is InChI=1S/C24H37BrO2/c1-23(27)9-7-16-15(12-23)5-6-18-17(16)8-10-24(2)20(21(26)13-25)11-19(22(18)24)14-3-4-14/h14-20,22,27H,3-13H2,1-2H3/t15-,16+,17-,18-,19+,20-,22-,23-,24-/m1/s1. The Morgan fingerprint density at radius 3 is 2.33 bits per heavy atom. The van der Waals surface area contributed by atoms with E-state index >= 15 is 0 Å². The van der Waals surface area contributed by atoms with Gasteiger partial charge in [0.05, 0.1) is 10.9 Å². The van der Waals surface area contributed by atoms with Crippen molar-refractivity contribution in [1.82, 2.24) is 0 Å². The quantitative estimate of drug-likeness (QED) is 0.583. The summed E-state index contributed by atoms with van der Waals surface area (Å²) in [6.45, 7) is 4.56. The van der Waals surface area contributed by atoms with Gasteiger partial charge < -0.3 is 5.11 Å². The maximum atomic E-state index is 12.8. The van der Waals surface area contributed by atoms with Crippen LogP contribution >= 0.6 is 15.9 Å². The SMILES string of the molecule is C[C@@]1(O)CC[C@H]2[C@H](CC[C@@H]3[C@@H]2CC[C@@]2(C)[C@H]3[C@H](C3CC3)C[C@@H]2C(=O)CBr)C1. The van der Waals surface area contributed by atoms with Crippen LogP contribution in [-0.4, -0.2) is 21.8 Å². The molecule has 5 rings (SSSR count). The van der Waals surface area contributed by atoms with E-state index in [1.165, 1.54) is 51.4 Å². The lowest BCUT2D eigenvalue weighted by molar-refractivity contribution is -0.131. The Hall–Kier alpha value is 0.110. The highest BCUT2D eigenvalue weighted by molar-refractivity contribution is 9.09. The van der Waals surface area contributed by atoms with E-state index in [1.54, 1.807) is 0 Å². The molecule has 5 aliphatic rings. The molecule has 0 bridgehead atoms. The van der Waals surface area contributed by atoms with Crippen molar-refractivity contribution in [1.29, 1.82) is 0 Å². The van der Waals surface area contributed by atoms with Crippen LogP contribution in [0.4, 0.5) is 0 Å². The number of rotatable bonds is 3. The molecule has 3 heteroatoms. The summed E-state index contributed by atoms with van der Waals surface area (Å²) in [5, 5.41) is 11.2. The summed E-state index contributed by atoms with van der Waals surface area (Å²) in [5.41, 5.74) is -0.166. The highest BCUT2D eigenvalue weighted by Crippen LogP contribution is 2.69. The predicted octanol–water partition coefficient (Wildman–Crippen LogP) is 5.61. The van der Waals surface area contributed by atoms with E-state index in [0.717, 1.165) is 54.3 Å². The molecule has 27 heavy (non-hydrogen) atoms. The fraction of sp³-hybridized carbons (Fsp3) is 0.958. The molecule has 9 atom stereocenters. The highest BCUT2D eigenvalue weighted by Gasteiger charge is 2.63. The lowest BCUT2D eigenvalue weighted by Crippen LogP contribution is -2.52. The van der Waals surface area contributed by atoms with Crippen LogP contribution in [-0.2, 0) is 4.79 Å². The number of aliphatic hydroxyl groups is 1. The molecule has 0 aromatic heterocycles. The zero-order valence-electron chi connectivity index (χ0n) is 17.1. The fourth-order valence-corrected chi connectivity index (χ4v) is 9.25. The molecule has 2 nitrogen and oxygen atoms in total. The first-order valence-corrected chi connectivity index (χ1v) is 12.8. The van der Waals surface area contributed by atoms with Crippen molar-refractivity contribution in [2.24, 2.45) is 52.8 Å². The number of hydrogen-bond donors (Lipinski definition) is 1. The first-order chi connectivity index (χ1) is 12.8. The maximum Gasteiger partial charge on any atom is 0.147 e. The number of carbonyl (C=O) groups excluding carboxylic acids is 1. The summed E-state index contributed by atoms with van der Waals surface area (Å²) in [6, 6.07) is 0. The molecule has 0 heterocycles. The zero-order chi connectivity index (χ0) is 19.0. The summed E-state index contributed by atoms with van der Waals surface area (Å²) in [4.78, 5) is 12.8. The Kier molecular flexibility index (Phi) is 4.64. The number of alkyl halides is 1. The van der Waals surface area contributed by atoms with Gasteiger partial charge in [0.15, 0.2) is 0 Å². The van der Waals surface area contributed by atoms with Gasteiger partial charge in [-0.15, -0.1) is 0 Å². The second-order valence-electron chi connectivity index (χ2n) is 11.5. The van der Waals surface area contributed by atoms with Crippen molar-refractivity contribution in [2.45, 2.75) is 83.7 Å². The zero-order valence-corrected chi connectivity index (χ0v) is 18.7. The fourth-order valence-electron chi connectivity index (χ4n) is 8.86. The third kappa shape index (κ3) is 3.00. The second kappa shape index (κ2) is 6.56. The van der Waals surface area contributed by atoms with Crippen molar-refractivity contribution in [3.63, 3.8) is 0 Å². The summed E-state index contributed by atoms with van der Waals surface area (Å²) in [6.07, 6.45) is 12.6. The smallest absolute Gasteiger partial charge is 0.147 e. The number of Topliss-reactive ketones (excluding diaryl/α,β-unsaturated/α-hetero) is 1. The maximum absolute atomic E-state index is 12.8. The molecular weight excluding hydrogens is 400 g/mol. The van der Waals surface area contributed by atoms with Crippen molar-refractivity contribution in [2.75, 3.05) is 5.33 Å². The highest BCUT2D eigenvalue weighted by atomic mass is 79.9. The van der Waals surface area contributed by atoms with E-state index in [4.69, 9.17) is 0 Å². The van der Waals surface area contributed by atoms with Crippen molar-refractivity contribution in [3.05, 3.63) is 0 Å². The Labute approximate surface area is 173 Å². The molecule has 5 aliphatic carbocycles. The third-order valence-electron chi connectivity index (χ3n) is 10.0. The topological polar surface area (TPSA) is 37.3 Å².